The minimum absolute atomic E-state index is 0.108. The van der Waals surface area contributed by atoms with Crippen LogP contribution in [0.1, 0.15) is 92.4 Å². The van der Waals surface area contributed by atoms with Crippen molar-refractivity contribution in [1.82, 2.24) is 25.4 Å². The van der Waals surface area contributed by atoms with Crippen molar-refractivity contribution in [2.75, 3.05) is 61.8 Å². The van der Waals surface area contributed by atoms with Gasteiger partial charge in [-0.15, -0.1) is 0 Å². The molecule has 1 aromatic heterocycles. The van der Waals surface area contributed by atoms with Crippen molar-refractivity contribution in [3.8, 4) is 0 Å². The number of pyridine rings is 1. The van der Waals surface area contributed by atoms with E-state index in [0.29, 0.717) is 74.7 Å². The van der Waals surface area contributed by atoms with E-state index in [4.69, 9.17) is 16.6 Å². The highest BCUT2D eigenvalue weighted by Gasteiger charge is 2.49. The molecule has 8 rings (SSSR count). The van der Waals surface area contributed by atoms with Gasteiger partial charge in [0.05, 0.1) is 40.8 Å². The lowest BCUT2D eigenvalue weighted by Gasteiger charge is -2.39. The van der Waals surface area contributed by atoms with Gasteiger partial charge in [-0.2, -0.15) is 0 Å². The Morgan fingerprint density at radius 2 is 1.64 bits per heavy atom. The molecule has 3 saturated heterocycles. The third-order valence-corrected chi connectivity index (χ3v) is 13.1. The summed E-state index contributed by atoms with van der Waals surface area (Å²) in [6.45, 7) is 3.86. The van der Waals surface area contributed by atoms with Crippen LogP contribution in [0.25, 0.3) is 0 Å². The van der Waals surface area contributed by atoms with Crippen LogP contribution in [0.2, 0.25) is 0 Å². The average Bonchev–Trinajstić information content (AvgIpc) is 4.08. The minimum Gasteiger partial charge on any atom is -0.374 e. The lowest BCUT2D eigenvalue weighted by atomic mass is 9.77. The predicted octanol–water partition coefficient (Wildman–Crippen LogP) is 5.88. The summed E-state index contributed by atoms with van der Waals surface area (Å²) in [4.78, 5) is 66.1. The monoisotopic (exact) mass is 819 g/mol. The van der Waals surface area contributed by atoms with Crippen LogP contribution >= 0.6 is 11.6 Å². The van der Waals surface area contributed by atoms with Gasteiger partial charge in [0, 0.05) is 45.0 Å². The van der Waals surface area contributed by atoms with Crippen molar-refractivity contribution in [2.45, 2.75) is 81.7 Å². The van der Waals surface area contributed by atoms with Crippen LogP contribution in [0.4, 0.5) is 17.1 Å². The van der Waals surface area contributed by atoms with E-state index in [-0.39, 0.29) is 23.8 Å². The highest BCUT2D eigenvalue weighted by atomic mass is 35.5. The van der Waals surface area contributed by atoms with Gasteiger partial charge in [0.2, 0.25) is 23.7 Å². The number of benzene rings is 2. The standard InChI is InChI=1S/C45H54ClN9O4/c1-47-42(58)39(6-3-23-56)50-35-11-9-30(10-12-35)32-13-18-53(19-14-32)29-40(57)54-20-15-45(16-21-54)17-22-55(43(45)59)37-25-36(26-48-27-37)51-44-49-28-38(46)41(52-44)34-5-2-4-33(24-34)31-7-8-31/h2,4-5,9-12,23-28,31-32,39,41,50H,3,6-8,13-22,29H2,1H3,(H,47,58)(H2,49,51,52). The molecular formula is C45H54ClN9O4. The Balaban J connectivity index is 0.802. The number of aromatic nitrogens is 1. The average molecular weight is 820 g/mol. The van der Waals surface area contributed by atoms with Crippen molar-refractivity contribution >= 4 is 58.6 Å². The number of hydrogen-bond acceptors (Lipinski definition) is 10. The van der Waals surface area contributed by atoms with Gasteiger partial charge in [-0.25, -0.2) is 4.99 Å². The van der Waals surface area contributed by atoms with Gasteiger partial charge in [-0.3, -0.25) is 24.3 Å². The first-order valence-corrected chi connectivity index (χ1v) is 21.5. The highest BCUT2D eigenvalue weighted by Crippen LogP contribution is 2.44. The molecule has 59 heavy (non-hydrogen) atoms. The Bertz CT molecular complexity index is 2090. The molecule has 2 unspecified atom stereocenters. The third-order valence-electron chi connectivity index (χ3n) is 12.8. The molecule has 1 saturated carbocycles. The molecule has 2 atom stereocenters. The Morgan fingerprint density at radius 3 is 2.37 bits per heavy atom. The van der Waals surface area contributed by atoms with E-state index in [2.05, 4.69) is 67.5 Å². The molecule has 4 fully saturated rings. The number of amides is 3. The van der Waals surface area contributed by atoms with E-state index >= 15 is 0 Å². The van der Waals surface area contributed by atoms with Crippen LogP contribution in [0, 0.1) is 5.41 Å². The summed E-state index contributed by atoms with van der Waals surface area (Å²) in [5.41, 5.74) is 5.48. The molecule has 4 N–H and O–H groups in total. The zero-order chi connectivity index (χ0) is 40.9. The largest absolute Gasteiger partial charge is 0.374 e. The second kappa shape index (κ2) is 17.9. The Labute approximate surface area is 351 Å². The zero-order valence-electron chi connectivity index (χ0n) is 33.7. The summed E-state index contributed by atoms with van der Waals surface area (Å²) in [7, 11) is 1.60. The lowest BCUT2D eigenvalue weighted by Crippen LogP contribution is -2.49. The summed E-state index contributed by atoms with van der Waals surface area (Å²) in [5.74, 6) is 1.70. The number of carbonyl (C=O) groups excluding carboxylic acids is 4. The number of nitrogens with zero attached hydrogens (tertiary/aromatic N) is 5. The number of hydrogen-bond donors (Lipinski definition) is 4. The van der Waals surface area contributed by atoms with E-state index in [9.17, 15) is 19.2 Å². The maximum absolute atomic E-state index is 14.1. The fourth-order valence-corrected chi connectivity index (χ4v) is 9.32. The molecule has 3 aromatic rings. The van der Waals surface area contributed by atoms with E-state index in [1.54, 1.807) is 25.6 Å². The summed E-state index contributed by atoms with van der Waals surface area (Å²) in [5, 5.41) is 13.0. The van der Waals surface area contributed by atoms with Crippen molar-refractivity contribution in [2.24, 2.45) is 10.4 Å². The molecule has 310 valence electrons. The molecular weight excluding hydrogens is 766 g/mol. The molecule has 13 nitrogen and oxygen atoms in total. The van der Waals surface area contributed by atoms with Crippen LogP contribution in [-0.2, 0) is 19.2 Å². The van der Waals surface area contributed by atoms with Crippen LogP contribution < -0.4 is 26.2 Å². The number of likely N-dealkylation sites (N-methyl/N-ethyl adjacent to an activating group) is 1. The van der Waals surface area contributed by atoms with Gasteiger partial charge in [-0.05, 0) is 111 Å². The number of halogens is 1. The number of guanidine groups is 1. The molecule has 0 radical (unpaired) electrons. The minimum atomic E-state index is -0.471. The summed E-state index contributed by atoms with van der Waals surface area (Å²) < 4.78 is 0. The predicted molar refractivity (Wildman–Crippen MR) is 230 cm³/mol. The van der Waals surface area contributed by atoms with E-state index in [0.717, 1.165) is 61.3 Å². The first-order valence-electron chi connectivity index (χ1n) is 21.1. The maximum Gasteiger partial charge on any atom is 0.242 e. The van der Waals surface area contributed by atoms with E-state index < -0.39 is 11.5 Å². The number of rotatable bonds is 13. The van der Waals surface area contributed by atoms with Gasteiger partial charge >= 0.3 is 0 Å². The first-order chi connectivity index (χ1) is 28.7. The quantitative estimate of drug-likeness (QED) is 0.155. The second-order valence-electron chi connectivity index (χ2n) is 16.7. The van der Waals surface area contributed by atoms with Gasteiger partial charge in [0.25, 0.3) is 0 Å². The van der Waals surface area contributed by atoms with Gasteiger partial charge < -0.3 is 35.9 Å². The first kappa shape index (κ1) is 40.5. The topological polar surface area (TPSA) is 151 Å². The second-order valence-corrected chi connectivity index (χ2v) is 17.1. The molecule has 5 aliphatic rings. The molecule has 5 heterocycles. The molecule has 4 aliphatic heterocycles. The summed E-state index contributed by atoms with van der Waals surface area (Å²) >= 11 is 6.63. The van der Waals surface area contributed by atoms with Crippen molar-refractivity contribution in [3.05, 3.63) is 94.9 Å². The summed E-state index contributed by atoms with van der Waals surface area (Å²) in [6, 6.07) is 17.9. The highest BCUT2D eigenvalue weighted by molar-refractivity contribution is 6.30. The van der Waals surface area contributed by atoms with Crippen molar-refractivity contribution in [1.29, 1.82) is 0 Å². The fraction of sp³-hybridized carbons (Fsp3) is 0.467. The van der Waals surface area contributed by atoms with Crippen molar-refractivity contribution < 1.29 is 19.2 Å². The smallest absolute Gasteiger partial charge is 0.242 e. The molecule has 1 aliphatic carbocycles. The van der Waals surface area contributed by atoms with E-state index in [1.165, 1.54) is 24.0 Å². The normalized spacial score (nSPS) is 21.3. The Kier molecular flexibility index (Phi) is 12.3. The Morgan fingerprint density at radius 1 is 0.915 bits per heavy atom. The van der Waals surface area contributed by atoms with E-state index in [1.807, 2.05) is 28.0 Å². The van der Waals surface area contributed by atoms with Crippen LogP contribution in [0.3, 0.4) is 0 Å². The Hall–Kier alpha value is -5.27. The third kappa shape index (κ3) is 9.31. The SMILES string of the molecule is CNC(=O)C(CCC=O)Nc1ccc(C2CCN(CC(=O)N3CCC4(CC3)CCN(c3cncc(NC5=NC(c6cccc(C7CC7)c6)C(Cl)=CN5)c3)C4=O)CC2)cc1. The number of carbonyl (C=O) groups is 4. The summed E-state index contributed by atoms with van der Waals surface area (Å²) in [6.07, 6.45) is 13.3. The van der Waals surface area contributed by atoms with Crippen LogP contribution in [0.5, 0.6) is 0 Å². The molecule has 2 aromatic carbocycles. The number of nitrogens with one attached hydrogen (secondary N) is 4. The maximum atomic E-state index is 14.1. The number of likely N-dealkylation sites (tertiary alicyclic amines) is 2. The van der Waals surface area contributed by atoms with Crippen LogP contribution in [0.15, 0.2) is 83.2 Å². The zero-order valence-corrected chi connectivity index (χ0v) is 34.4. The molecule has 3 amide bonds. The van der Waals surface area contributed by atoms with Gasteiger partial charge in [0.15, 0.2) is 0 Å². The fourth-order valence-electron chi connectivity index (χ4n) is 9.09. The number of aldehydes is 1. The number of piperidine rings is 2. The lowest BCUT2D eigenvalue weighted by molar-refractivity contribution is -0.138. The molecule has 0 bridgehead atoms. The van der Waals surface area contributed by atoms with Crippen LogP contribution in [-0.4, -0.2) is 97.1 Å². The molecule has 1 spiro atoms. The molecule has 14 heteroatoms. The van der Waals surface area contributed by atoms with Gasteiger partial charge in [0.1, 0.15) is 18.4 Å². The number of anilines is 3. The number of aliphatic imine (C=N–C) groups is 1. The van der Waals surface area contributed by atoms with Crippen molar-refractivity contribution in [3.63, 3.8) is 0 Å². The van der Waals surface area contributed by atoms with Gasteiger partial charge in [-0.1, -0.05) is 48.0 Å².